The molecule has 0 aromatic rings. The molecule has 0 radical (unpaired) electrons. The summed E-state index contributed by atoms with van der Waals surface area (Å²) >= 11 is 0. The van der Waals surface area contributed by atoms with Crippen LogP contribution in [0, 0.1) is 17.3 Å². The smallest absolute Gasteiger partial charge is 0.306 e. The van der Waals surface area contributed by atoms with E-state index in [9.17, 15) is 4.79 Å². The Morgan fingerprint density at radius 1 is 1.29 bits per heavy atom. The summed E-state index contributed by atoms with van der Waals surface area (Å²) in [6.45, 7) is 6.07. The molecule has 0 amide bonds. The average molecular weight is 198 g/mol. The fraction of sp³-hybridized carbons (Fsp3) is 0.917. The van der Waals surface area contributed by atoms with Crippen LogP contribution in [-0.4, -0.2) is 11.1 Å². The van der Waals surface area contributed by atoms with Gasteiger partial charge in [0.15, 0.2) is 0 Å². The van der Waals surface area contributed by atoms with Crippen molar-refractivity contribution in [1.29, 1.82) is 0 Å². The SMILES string of the molecule is C[C@H](C(=O)O)C(C)(C)C1CCCCC1. The first-order valence-corrected chi connectivity index (χ1v) is 5.69. The third-order valence-corrected chi connectivity index (χ3v) is 4.14. The largest absolute Gasteiger partial charge is 0.481 e. The van der Waals surface area contributed by atoms with Crippen molar-refractivity contribution in [3.8, 4) is 0 Å². The maximum Gasteiger partial charge on any atom is 0.306 e. The van der Waals surface area contributed by atoms with Crippen molar-refractivity contribution in [2.45, 2.75) is 52.9 Å². The van der Waals surface area contributed by atoms with Gasteiger partial charge >= 0.3 is 5.97 Å². The molecule has 1 aliphatic rings. The molecule has 1 aliphatic carbocycles. The molecule has 2 heteroatoms. The monoisotopic (exact) mass is 198 g/mol. The fourth-order valence-electron chi connectivity index (χ4n) is 2.52. The summed E-state index contributed by atoms with van der Waals surface area (Å²) in [4.78, 5) is 11.0. The molecular weight excluding hydrogens is 176 g/mol. The Hall–Kier alpha value is -0.530. The van der Waals surface area contributed by atoms with Crippen LogP contribution in [-0.2, 0) is 4.79 Å². The lowest BCUT2D eigenvalue weighted by molar-refractivity contribution is -0.146. The van der Waals surface area contributed by atoms with Crippen LogP contribution in [0.15, 0.2) is 0 Å². The Kier molecular flexibility index (Phi) is 3.57. The van der Waals surface area contributed by atoms with Crippen molar-refractivity contribution < 1.29 is 9.90 Å². The number of hydrogen-bond donors (Lipinski definition) is 1. The van der Waals surface area contributed by atoms with Gasteiger partial charge in [-0.3, -0.25) is 4.79 Å². The van der Waals surface area contributed by atoms with Gasteiger partial charge < -0.3 is 5.11 Å². The summed E-state index contributed by atoms with van der Waals surface area (Å²) in [5, 5.41) is 9.05. The van der Waals surface area contributed by atoms with Crippen LogP contribution in [0.5, 0.6) is 0 Å². The molecule has 0 bridgehead atoms. The zero-order chi connectivity index (χ0) is 10.8. The zero-order valence-electron chi connectivity index (χ0n) is 9.55. The molecule has 0 heterocycles. The Bertz CT molecular complexity index is 202. The van der Waals surface area contributed by atoms with Crippen LogP contribution in [0.4, 0.5) is 0 Å². The molecule has 0 saturated heterocycles. The number of carboxylic acids is 1. The summed E-state index contributed by atoms with van der Waals surface area (Å²) in [5.41, 5.74) is -0.0494. The fourth-order valence-corrected chi connectivity index (χ4v) is 2.52. The third-order valence-electron chi connectivity index (χ3n) is 4.14. The second-order valence-corrected chi connectivity index (χ2v) is 5.22. The highest BCUT2D eigenvalue weighted by Gasteiger charge is 2.38. The Morgan fingerprint density at radius 3 is 2.21 bits per heavy atom. The molecule has 14 heavy (non-hydrogen) atoms. The van der Waals surface area contributed by atoms with Crippen LogP contribution in [0.2, 0.25) is 0 Å². The second kappa shape index (κ2) is 4.33. The van der Waals surface area contributed by atoms with Gasteiger partial charge in [-0.05, 0) is 24.2 Å². The van der Waals surface area contributed by atoms with E-state index in [1.54, 1.807) is 0 Å². The zero-order valence-corrected chi connectivity index (χ0v) is 9.55. The predicted octanol–water partition coefficient (Wildman–Crippen LogP) is 3.31. The van der Waals surface area contributed by atoms with E-state index in [2.05, 4.69) is 13.8 Å². The van der Waals surface area contributed by atoms with Gasteiger partial charge in [-0.2, -0.15) is 0 Å². The summed E-state index contributed by atoms with van der Waals surface area (Å²) in [6.07, 6.45) is 6.31. The molecule has 0 aromatic heterocycles. The number of aliphatic carboxylic acids is 1. The highest BCUT2D eigenvalue weighted by atomic mass is 16.4. The van der Waals surface area contributed by atoms with Crippen molar-refractivity contribution in [3.63, 3.8) is 0 Å². The van der Waals surface area contributed by atoms with Gasteiger partial charge in [-0.25, -0.2) is 0 Å². The van der Waals surface area contributed by atoms with E-state index >= 15 is 0 Å². The third kappa shape index (κ3) is 2.28. The first kappa shape index (κ1) is 11.5. The molecule has 0 aromatic carbocycles. The Labute approximate surface area is 86.7 Å². The van der Waals surface area contributed by atoms with Gasteiger partial charge in [0.1, 0.15) is 0 Å². The van der Waals surface area contributed by atoms with Crippen LogP contribution < -0.4 is 0 Å². The van der Waals surface area contributed by atoms with Crippen LogP contribution in [0.1, 0.15) is 52.9 Å². The van der Waals surface area contributed by atoms with E-state index < -0.39 is 5.97 Å². The molecule has 1 N–H and O–H groups in total. The predicted molar refractivity (Wildman–Crippen MR) is 57.2 cm³/mol. The van der Waals surface area contributed by atoms with Crippen molar-refractivity contribution >= 4 is 5.97 Å². The van der Waals surface area contributed by atoms with E-state index in [0.717, 1.165) is 0 Å². The van der Waals surface area contributed by atoms with E-state index in [1.165, 1.54) is 32.1 Å². The molecule has 0 spiro atoms. The van der Waals surface area contributed by atoms with Crippen molar-refractivity contribution in [2.24, 2.45) is 17.3 Å². The van der Waals surface area contributed by atoms with Crippen LogP contribution in [0.25, 0.3) is 0 Å². The van der Waals surface area contributed by atoms with Crippen molar-refractivity contribution in [3.05, 3.63) is 0 Å². The minimum Gasteiger partial charge on any atom is -0.481 e. The normalized spacial score (nSPS) is 21.9. The second-order valence-electron chi connectivity index (χ2n) is 5.22. The van der Waals surface area contributed by atoms with Crippen molar-refractivity contribution in [1.82, 2.24) is 0 Å². The van der Waals surface area contributed by atoms with Gasteiger partial charge in [0.25, 0.3) is 0 Å². The number of rotatable bonds is 3. The van der Waals surface area contributed by atoms with Crippen molar-refractivity contribution in [2.75, 3.05) is 0 Å². The van der Waals surface area contributed by atoms with Crippen LogP contribution >= 0.6 is 0 Å². The lowest BCUT2D eigenvalue weighted by atomic mass is 9.65. The molecule has 1 saturated carbocycles. The molecular formula is C12H22O2. The molecule has 1 rings (SSSR count). The maximum atomic E-state index is 11.0. The van der Waals surface area contributed by atoms with Gasteiger partial charge in [-0.1, -0.05) is 40.0 Å². The van der Waals surface area contributed by atoms with E-state index in [0.29, 0.717) is 5.92 Å². The van der Waals surface area contributed by atoms with E-state index in [-0.39, 0.29) is 11.3 Å². The first-order chi connectivity index (χ1) is 6.46. The molecule has 1 atom stereocenters. The Balaban J connectivity index is 2.66. The molecule has 0 aliphatic heterocycles. The summed E-state index contributed by atoms with van der Waals surface area (Å²) < 4.78 is 0. The minimum absolute atomic E-state index is 0.0494. The highest BCUT2D eigenvalue weighted by Crippen LogP contribution is 2.43. The highest BCUT2D eigenvalue weighted by molar-refractivity contribution is 5.70. The van der Waals surface area contributed by atoms with E-state index in [1.807, 2.05) is 6.92 Å². The van der Waals surface area contributed by atoms with Gasteiger partial charge in [0.2, 0.25) is 0 Å². The standard InChI is InChI=1S/C12H22O2/c1-9(11(13)14)12(2,3)10-7-5-4-6-8-10/h9-10H,4-8H2,1-3H3,(H,13,14)/t9-/m1/s1. The summed E-state index contributed by atoms with van der Waals surface area (Å²) in [7, 11) is 0. The Morgan fingerprint density at radius 2 is 1.79 bits per heavy atom. The van der Waals surface area contributed by atoms with E-state index in [4.69, 9.17) is 5.11 Å². The number of hydrogen-bond acceptors (Lipinski definition) is 1. The summed E-state index contributed by atoms with van der Waals surface area (Å²) in [6, 6.07) is 0. The summed E-state index contributed by atoms with van der Waals surface area (Å²) in [5.74, 6) is -0.284. The van der Waals surface area contributed by atoms with Gasteiger partial charge in [0, 0.05) is 0 Å². The lowest BCUT2D eigenvalue weighted by Crippen LogP contribution is -2.36. The molecule has 0 unspecified atom stereocenters. The average Bonchev–Trinajstić information content (AvgIpc) is 2.18. The first-order valence-electron chi connectivity index (χ1n) is 5.69. The van der Waals surface area contributed by atoms with Gasteiger partial charge in [-0.15, -0.1) is 0 Å². The van der Waals surface area contributed by atoms with Gasteiger partial charge in [0.05, 0.1) is 5.92 Å². The molecule has 82 valence electrons. The maximum absolute atomic E-state index is 11.0. The minimum atomic E-state index is -0.652. The quantitative estimate of drug-likeness (QED) is 0.755. The molecule has 2 nitrogen and oxygen atoms in total. The molecule has 1 fully saturated rings. The number of carboxylic acid groups (broad SMARTS) is 1. The topological polar surface area (TPSA) is 37.3 Å². The van der Waals surface area contributed by atoms with Crippen LogP contribution in [0.3, 0.4) is 0 Å². The lowest BCUT2D eigenvalue weighted by Gasteiger charge is -2.39. The number of carbonyl (C=O) groups is 1.